The summed E-state index contributed by atoms with van der Waals surface area (Å²) in [6.07, 6.45) is 9.60. The number of ether oxygens (including phenoxy) is 2. The zero-order valence-corrected chi connectivity index (χ0v) is 20.9. The van der Waals surface area contributed by atoms with E-state index in [0.717, 1.165) is 28.7 Å². The van der Waals surface area contributed by atoms with Crippen molar-refractivity contribution < 1.29 is 14.3 Å². The van der Waals surface area contributed by atoms with Gasteiger partial charge in [-0.05, 0) is 54.8 Å². The highest BCUT2D eigenvalue weighted by atomic mass is 35.5. The molecule has 178 valence electrons. The van der Waals surface area contributed by atoms with Gasteiger partial charge in [0.25, 0.3) is 5.91 Å². The van der Waals surface area contributed by atoms with E-state index >= 15 is 0 Å². The number of hydrogen-bond acceptors (Lipinski definition) is 6. The maximum atomic E-state index is 13.3. The average Bonchev–Trinajstić information content (AvgIpc) is 3.49. The monoisotopic (exact) mass is 498 g/mol. The minimum Gasteiger partial charge on any atom is -0.493 e. The van der Waals surface area contributed by atoms with Crippen molar-refractivity contribution in [3.05, 3.63) is 72.3 Å². The predicted octanol–water partition coefficient (Wildman–Crippen LogP) is 5.38. The Morgan fingerprint density at radius 1 is 1.15 bits per heavy atom. The van der Waals surface area contributed by atoms with Crippen LogP contribution in [0, 0.1) is 6.92 Å². The second-order valence-corrected chi connectivity index (χ2v) is 8.57. The first-order valence-corrected chi connectivity index (χ1v) is 11.4. The molecule has 1 amide bonds. The Kier molecular flexibility index (Phi) is 8.67. The van der Waals surface area contributed by atoms with Gasteiger partial charge in [-0.2, -0.15) is 0 Å². The van der Waals surface area contributed by atoms with Crippen molar-refractivity contribution in [3.8, 4) is 11.5 Å². The molecule has 0 bridgehead atoms. The number of amides is 1. The van der Waals surface area contributed by atoms with Crippen LogP contribution in [0.3, 0.4) is 0 Å². The van der Waals surface area contributed by atoms with Gasteiger partial charge in [-0.25, -0.2) is 9.97 Å². The van der Waals surface area contributed by atoms with Crippen LogP contribution in [0.25, 0.3) is 16.3 Å². The predicted molar refractivity (Wildman–Crippen MR) is 139 cm³/mol. The Balaban J connectivity index is 0.00000324. The van der Waals surface area contributed by atoms with Crippen LogP contribution in [0.5, 0.6) is 11.5 Å². The van der Waals surface area contributed by atoms with Gasteiger partial charge in [0.1, 0.15) is 0 Å². The second kappa shape index (κ2) is 11.7. The highest BCUT2D eigenvalue weighted by Crippen LogP contribution is 2.31. The molecule has 4 aromatic rings. The van der Waals surface area contributed by atoms with Crippen LogP contribution >= 0.6 is 23.7 Å². The van der Waals surface area contributed by atoms with Gasteiger partial charge in [0.15, 0.2) is 16.6 Å². The van der Waals surface area contributed by atoms with E-state index in [-0.39, 0.29) is 18.3 Å². The summed E-state index contributed by atoms with van der Waals surface area (Å²) in [7, 11) is 3.19. The van der Waals surface area contributed by atoms with Gasteiger partial charge in [0, 0.05) is 31.6 Å². The maximum absolute atomic E-state index is 13.3. The van der Waals surface area contributed by atoms with Crippen LogP contribution in [0.15, 0.2) is 61.2 Å². The topological polar surface area (TPSA) is 69.5 Å². The van der Waals surface area contributed by atoms with E-state index in [2.05, 4.69) is 18.0 Å². The quantitative estimate of drug-likeness (QED) is 0.290. The average molecular weight is 499 g/mol. The number of thiazole rings is 1. The van der Waals surface area contributed by atoms with Crippen molar-refractivity contribution >= 4 is 51.1 Å². The largest absolute Gasteiger partial charge is 0.493 e. The third-order valence-corrected chi connectivity index (χ3v) is 6.25. The zero-order chi connectivity index (χ0) is 23.2. The van der Waals surface area contributed by atoms with Crippen LogP contribution in [0.4, 0.5) is 5.13 Å². The lowest BCUT2D eigenvalue weighted by Gasteiger charge is -2.18. The van der Waals surface area contributed by atoms with Gasteiger partial charge in [0.05, 0.1) is 30.8 Å². The van der Waals surface area contributed by atoms with E-state index in [1.807, 2.05) is 41.1 Å². The summed E-state index contributed by atoms with van der Waals surface area (Å²) >= 11 is 1.53. The number of rotatable bonds is 9. The number of benzene rings is 2. The number of methoxy groups -OCH3 is 2. The molecule has 0 radical (unpaired) electrons. The molecule has 2 heterocycles. The molecular weight excluding hydrogens is 472 g/mol. The van der Waals surface area contributed by atoms with Gasteiger partial charge < -0.3 is 14.0 Å². The van der Waals surface area contributed by atoms with E-state index in [1.165, 1.54) is 16.9 Å². The highest BCUT2D eigenvalue weighted by molar-refractivity contribution is 7.22. The molecule has 0 aliphatic rings. The minimum atomic E-state index is -0.119. The van der Waals surface area contributed by atoms with E-state index in [4.69, 9.17) is 14.5 Å². The Labute approximate surface area is 209 Å². The van der Waals surface area contributed by atoms with Crippen molar-refractivity contribution in [2.75, 3.05) is 25.7 Å². The summed E-state index contributed by atoms with van der Waals surface area (Å²) in [5.41, 5.74) is 2.92. The standard InChI is InChI=1S/C25H26N4O3S.ClH/c1-18-5-8-20-23(15-18)33-25(27-20)29(13-4-12-28-14-11-26-17-28)24(30)10-7-19-6-9-21(31-2)22(16-19)32-3;/h5-11,14-17H,4,12-13H2,1-3H3;1H/b10-7+;. The summed E-state index contributed by atoms with van der Waals surface area (Å²) in [6, 6.07) is 11.7. The van der Waals surface area contributed by atoms with Gasteiger partial charge in [-0.3, -0.25) is 9.69 Å². The molecule has 2 aromatic heterocycles. The molecular formula is C25H27ClN4O3S. The number of fused-ring (bicyclic) bond motifs is 1. The smallest absolute Gasteiger partial charge is 0.252 e. The van der Waals surface area contributed by atoms with E-state index < -0.39 is 0 Å². The second-order valence-electron chi connectivity index (χ2n) is 7.56. The van der Waals surface area contributed by atoms with Crippen LogP contribution in [0.1, 0.15) is 17.5 Å². The minimum absolute atomic E-state index is 0. The first kappa shape index (κ1) is 25.3. The molecule has 0 atom stereocenters. The Hall–Kier alpha value is -3.36. The number of aryl methyl sites for hydroxylation is 2. The van der Waals surface area contributed by atoms with Crippen molar-refractivity contribution in [3.63, 3.8) is 0 Å². The Morgan fingerprint density at radius 2 is 1.97 bits per heavy atom. The molecule has 0 fully saturated rings. The lowest BCUT2D eigenvalue weighted by atomic mass is 10.2. The van der Waals surface area contributed by atoms with E-state index in [1.54, 1.807) is 43.8 Å². The number of anilines is 1. The summed E-state index contributed by atoms with van der Waals surface area (Å²) in [4.78, 5) is 23.8. The molecule has 7 nitrogen and oxygen atoms in total. The molecule has 0 aliphatic carbocycles. The summed E-state index contributed by atoms with van der Waals surface area (Å²) < 4.78 is 13.7. The molecule has 0 aliphatic heterocycles. The van der Waals surface area contributed by atoms with Crippen molar-refractivity contribution in [1.29, 1.82) is 0 Å². The van der Waals surface area contributed by atoms with Gasteiger partial charge >= 0.3 is 0 Å². The van der Waals surface area contributed by atoms with Gasteiger partial charge in [0.2, 0.25) is 0 Å². The van der Waals surface area contributed by atoms with Crippen LogP contribution in [0.2, 0.25) is 0 Å². The number of halogens is 1. The fourth-order valence-corrected chi connectivity index (χ4v) is 4.57. The molecule has 0 spiro atoms. The third kappa shape index (κ3) is 5.95. The lowest BCUT2D eigenvalue weighted by molar-refractivity contribution is -0.114. The zero-order valence-electron chi connectivity index (χ0n) is 19.3. The first-order chi connectivity index (χ1) is 16.1. The van der Waals surface area contributed by atoms with Crippen LogP contribution in [-0.4, -0.2) is 41.2 Å². The SMILES string of the molecule is COc1ccc(/C=C/C(=O)N(CCCn2ccnc2)c2nc3ccc(C)cc3s2)cc1OC.Cl. The molecule has 4 rings (SSSR count). The highest BCUT2D eigenvalue weighted by Gasteiger charge is 2.18. The lowest BCUT2D eigenvalue weighted by Crippen LogP contribution is -2.30. The van der Waals surface area contributed by atoms with Gasteiger partial charge in [-0.15, -0.1) is 12.4 Å². The molecule has 0 unspecified atom stereocenters. The van der Waals surface area contributed by atoms with Crippen LogP contribution in [-0.2, 0) is 11.3 Å². The Bertz CT molecular complexity index is 1270. The number of nitrogens with zero attached hydrogens (tertiary/aromatic N) is 4. The number of imidazole rings is 1. The van der Waals surface area contributed by atoms with Crippen molar-refractivity contribution in [1.82, 2.24) is 14.5 Å². The van der Waals surface area contributed by atoms with Gasteiger partial charge in [-0.1, -0.05) is 23.5 Å². The van der Waals surface area contributed by atoms with E-state index in [9.17, 15) is 4.79 Å². The summed E-state index contributed by atoms with van der Waals surface area (Å²) in [6.45, 7) is 3.37. The molecule has 0 N–H and O–H groups in total. The summed E-state index contributed by atoms with van der Waals surface area (Å²) in [5.74, 6) is 1.14. The molecule has 2 aromatic carbocycles. The fourth-order valence-electron chi connectivity index (χ4n) is 3.48. The molecule has 34 heavy (non-hydrogen) atoms. The van der Waals surface area contributed by atoms with Crippen molar-refractivity contribution in [2.45, 2.75) is 19.9 Å². The third-order valence-electron chi connectivity index (χ3n) is 5.21. The number of carbonyl (C=O) groups excluding carboxylic acids is 1. The van der Waals surface area contributed by atoms with Crippen LogP contribution < -0.4 is 14.4 Å². The molecule has 9 heteroatoms. The number of aromatic nitrogens is 3. The van der Waals surface area contributed by atoms with E-state index in [0.29, 0.717) is 23.2 Å². The Morgan fingerprint density at radius 3 is 2.71 bits per heavy atom. The molecule has 0 saturated heterocycles. The maximum Gasteiger partial charge on any atom is 0.252 e. The first-order valence-electron chi connectivity index (χ1n) is 10.6. The number of hydrogen-bond donors (Lipinski definition) is 0. The summed E-state index contributed by atoms with van der Waals surface area (Å²) in [5, 5.41) is 0.697. The normalized spacial score (nSPS) is 10.9. The molecule has 0 saturated carbocycles. The fraction of sp³-hybridized carbons (Fsp3) is 0.240. The van der Waals surface area contributed by atoms with Crippen molar-refractivity contribution in [2.24, 2.45) is 0 Å². The number of carbonyl (C=O) groups is 1.